The van der Waals surface area contributed by atoms with Crippen molar-refractivity contribution in [2.45, 2.75) is 66.1 Å². The molecule has 1 aliphatic heterocycles. The van der Waals surface area contributed by atoms with Crippen molar-refractivity contribution in [1.82, 2.24) is 0 Å². The Bertz CT molecular complexity index is 482. The second-order valence-electron chi connectivity index (χ2n) is 7.35. The molecular weight excluding hydrogens is 288 g/mol. The van der Waals surface area contributed by atoms with Gasteiger partial charge in [-0.2, -0.15) is 0 Å². The quantitative estimate of drug-likeness (QED) is 0.576. The fourth-order valence-corrected chi connectivity index (χ4v) is 2.55. The molecule has 0 aromatic heterocycles. The Morgan fingerprint density at radius 2 is 1.61 bits per heavy atom. The van der Waals surface area contributed by atoms with Crippen molar-refractivity contribution in [2.24, 2.45) is 11.8 Å². The molecule has 0 saturated carbocycles. The largest absolute Gasteiger partial charge is 0.489 e. The van der Waals surface area contributed by atoms with Crippen LogP contribution in [0.1, 0.15) is 53.0 Å². The predicted molar refractivity (Wildman–Crippen MR) is 94.4 cm³/mol. The van der Waals surface area contributed by atoms with Gasteiger partial charge >= 0.3 is 0 Å². The molecular formula is C20H32O3. The van der Waals surface area contributed by atoms with E-state index < -0.39 is 0 Å². The van der Waals surface area contributed by atoms with Crippen molar-refractivity contribution in [2.75, 3.05) is 13.2 Å². The summed E-state index contributed by atoms with van der Waals surface area (Å²) in [7, 11) is 0. The Morgan fingerprint density at radius 1 is 0.957 bits per heavy atom. The van der Waals surface area contributed by atoms with E-state index in [-0.39, 0.29) is 0 Å². The Morgan fingerprint density at radius 3 is 2.17 bits per heavy atom. The van der Waals surface area contributed by atoms with Gasteiger partial charge < -0.3 is 14.2 Å². The lowest BCUT2D eigenvalue weighted by Crippen LogP contribution is -2.09. The van der Waals surface area contributed by atoms with Gasteiger partial charge in [-0.3, -0.25) is 0 Å². The summed E-state index contributed by atoms with van der Waals surface area (Å²) < 4.78 is 17.5. The lowest BCUT2D eigenvalue weighted by Gasteiger charge is -2.16. The summed E-state index contributed by atoms with van der Waals surface area (Å²) in [5, 5.41) is 0. The van der Waals surface area contributed by atoms with Crippen LogP contribution in [0.2, 0.25) is 0 Å². The van der Waals surface area contributed by atoms with Crippen molar-refractivity contribution in [3.05, 3.63) is 23.8 Å². The van der Waals surface area contributed by atoms with Crippen molar-refractivity contribution >= 4 is 0 Å². The van der Waals surface area contributed by atoms with Crippen LogP contribution in [-0.2, 0) is 11.2 Å². The number of hydrogen-bond acceptors (Lipinski definition) is 3. The first kappa shape index (κ1) is 18.1. The summed E-state index contributed by atoms with van der Waals surface area (Å²) >= 11 is 0. The minimum Gasteiger partial charge on any atom is -0.489 e. The van der Waals surface area contributed by atoms with Gasteiger partial charge in [0.05, 0.1) is 25.4 Å². The molecule has 130 valence electrons. The summed E-state index contributed by atoms with van der Waals surface area (Å²) in [6, 6.07) is 6.35. The van der Waals surface area contributed by atoms with Gasteiger partial charge in [0.25, 0.3) is 0 Å². The maximum absolute atomic E-state index is 5.98. The molecule has 1 aliphatic rings. The molecule has 0 aliphatic carbocycles. The topological polar surface area (TPSA) is 31.0 Å². The summed E-state index contributed by atoms with van der Waals surface area (Å²) in [6.07, 6.45) is 4.19. The molecule has 0 N–H and O–H groups in total. The number of hydrogen-bond donors (Lipinski definition) is 0. The number of ether oxygens (including phenoxy) is 3. The number of benzene rings is 1. The number of rotatable bonds is 10. The lowest BCUT2D eigenvalue weighted by molar-refractivity contribution is 0.229. The summed E-state index contributed by atoms with van der Waals surface area (Å²) in [5.74, 6) is 2.74. The van der Waals surface area contributed by atoms with Crippen molar-refractivity contribution in [1.29, 1.82) is 0 Å². The van der Waals surface area contributed by atoms with Crippen LogP contribution in [0.5, 0.6) is 11.5 Å². The number of aryl methyl sites for hydroxylation is 1. The predicted octanol–water partition coefficient (Wildman–Crippen LogP) is 4.87. The molecule has 0 amide bonds. The lowest BCUT2D eigenvalue weighted by atomic mass is 10.1. The van der Waals surface area contributed by atoms with Crippen LogP contribution in [0, 0.1) is 11.8 Å². The summed E-state index contributed by atoms with van der Waals surface area (Å²) in [4.78, 5) is 0. The van der Waals surface area contributed by atoms with Gasteiger partial charge in [0, 0.05) is 0 Å². The molecule has 0 radical (unpaired) electrons. The fraction of sp³-hybridized carbons (Fsp3) is 0.700. The Balaban J connectivity index is 1.97. The highest BCUT2D eigenvalue weighted by atomic mass is 16.6. The van der Waals surface area contributed by atoms with Gasteiger partial charge in [0.15, 0.2) is 11.5 Å². The normalized spacial score (nSPS) is 20.1. The van der Waals surface area contributed by atoms with Gasteiger partial charge in [-0.25, -0.2) is 0 Å². The molecule has 3 heteroatoms. The SMILES string of the molecule is CCC1OC1CCc1ccc(OCC(C)C)c(OCC(C)C)c1. The van der Waals surface area contributed by atoms with Crippen LogP contribution in [0.15, 0.2) is 18.2 Å². The Kier molecular flexibility index (Phi) is 6.76. The van der Waals surface area contributed by atoms with Gasteiger partial charge in [-0.15, -0.1) is 0 Å². The van der Waals surface area contributed by atoms with Crippen LogP contribution in [0.4, 0.5) is 0 Å². The molecule has 2 unspecified atom stereocenters. The van der Waals surface area contributed by atoms with E-state index in [1.165, 1.54) is 5.56 Å². The number of epoxide rings is 1. The van der Waals surface area contributed by atoms with E-state index in [2.05, 4.69) is 52.8 Å². The third-order valence-corrected chi connectivity index (χ3v) is 3.96. The molecule has 1 saturated heterocycles. The zero-order chi connectivity index (χ0) is 16.8. The van der Waals surface area contributed by atoms with Crippen molar-refractivity contribution in [3.63, 3.8) is 0 Å². The van der Waals surface area contributed by atoms with Gasteiger partial charge in [-0.05, 0) is 48.8 Å². The van der Waals surface area contributed by atoms with Crippen LogP contribution < -0.4 is 9.47 Å². The average Bonchev–Trinajstić information content (AvgIpc) is 3.28. The molecule has 23 heavy (non-hydrogen) atoms. The summed E-state index contributed by atoms with van der Waals surface area (Å²) in [5.41, 5.74) is 1.30. The van der Waals surface area contributed by atoms with E-state index in [9.17, 15) is 0 Å². The van der Waals surface area contributed by atoms with E-state index in [4.69, 9.17) is 14.2 Å². The molecule has 2 rings (SSSR count). The van der Waals surface area contributed by atoms with E-state index >= 15 is 0 Å². The first-order valence-electron chi connectivity index (χ1n) is 9.03. The minimum absolute atomic E-state index is 0.455. The maximum atomic E-state index is 5.98. The highest BCUT2D eigenvalue weighted by Crippen LogP contribution is 2.32. The fourth-order valence-electron chi connectivity index (χ4n) is 2.55. The zero-order valence-corrected chi connectivity index (χ0v) is 15.3. The van der Waals surface area contributed by atoms with Crippen LogP contribution in [0.3, 0.4) is 0 Å². The molecule has 1 aromatic rings. The Labute approximate surface area is 141 Å². The molecule has 1 fully saturated rings. The molecule has 0 bridgehead atoms. The molecule has 1 aromatic carbocycles. The summed E-state index contributed by atoms with van der Waals surface area (Å²) in [6.45, 7) is 12.2. The van der Waals surface area contributed by atoms with Gasteiger partial charge in [0.2, 0.25) is 0 Å². The average molecular weight is 320 g/mol. The molecule has 2 atom stereocenters. The standard InChI is InChI=1S/C20H32O3/c1-6-17-19(23-17)10-8-16-7-9-18(21-12-14(2)3)20(11-16)22-13-15(4)5/h7,9,11,14-15,17,19H,6,8,10,12-13H2,1-5H3. The molecule has 1 heterocycles. The Hall–Kier alpha value is -1.22. The van der Waals surface area contributed by atoms with Gasteiger partial charge in [0.1, 0.15) is 0 Å². The van der Waals surface area contributed by atoms with Gasteiger partial charge in [-0.1, -0.05) is 40.7 Å². The highest BCUT2D eigenvalue weighted by molar-refractivity contribution is 5.43. The first-order chi connectivity index (χ1) is 11.0. The van der Waals surface area contributed by atoms with E-state index in [0.29, 0.717) is 37.3 Å². The molecule has 0 spiro atoms. The van der Waals surface area contributed by atoms with Crippen LogP contribution >= 0.6 is 0 Å². The molecule has 3 nitrogen and oxygen atoms in total. The second-order valence-corrected chi connectivity index (χ2v) is 7.35. The minimum atomic E-state index is 0.455. The highest BCUT2D eigenvalue weighted by Gasteiger charge is 2.36. The van der Waals surface area contributed by atoms with Crippen LogP contribution in [-0.4, -0.2) is 25.4 Å². The second kappa shape index (κ2) is 8.58. The van der Waals surface area contributed by atoms with Crippen molar-refractivity contribution < 1.29 is 14.2 Å². The zero-order valence-electron chi connectivity index (χ0n) is 15.3. The maximum Gasteiger partial charge on any atom is 0.161 e. The van der Waals surface area contributed by atoms with E-state index in [0.717, 1.165) is 30.8 Å². The van der Waals surface area contributed by atoms with E-state index in [1.807, 2.05) is 0 Å². The van der Waals surface area contributed by atoms with Crippen molar-refractivity contribution in [3.8, 4) is 11.5 Å². The first-order valence-corrected chi connectivity index (χ1v) is 9.03. The van der Waals surface area contributed by atoms with Crippen LogP contribution in [0.25, 0.3) is 0 Å². The van der Waals surface area contributed by atoms with E-state index in [1.54, 1.807) is 0 Å². The third-order valence-electron chi connectivity index (χ3n) is 3.96. The monoisotopic (exact) mass is 320 g/mol. The third kappa shape index (κ3) is 6.06. The smallest absolute Gasteiger partial charge is 0.161 e.